The highest BCUT2D eigenvalue weighted by Gasteiger charge is 2.24. The molecule has 0 spiro atoms. The van der Waals surface area contributed by atoms with Crippen LogP contribution in [0.1, 0.15) is 48.7 Å². The van der Waals surface area contributed by atoms with Crippen LogP contribution < -0.4 is 4.90 Å². The Morgan fingerprint density at radius 2 is 1.68 bits per heavy atom. The molecule has 184 valence electrons. The molecule has 10 heteroatoms. The summed E-state index contributed by atoms with van der Waals surface area (Å²) in [5.41, 5.74) is 0.992. The van der Waals surface area contributed by atoms with Crippen molar-refractivity contribution in [1.82, 2.24) is 24.7 Å². The zero-order chi connectivity index (χ0) is 24.2. The Kier molecular flexibility index (Phi) is 7.77. The number of amides is 2. The minimum atomic E-state index is -0.0469. The number of furan rings is 1. The lowest BCUT2D eigenvalue weighted by Gasteiger charge is -2.35. The Morgan fingerprint density at radius 3 is 2.32 bits per heavy atom. The molecule has 0 unspecified atom stereocenters. The Balaban J connectivity index is 1.41. The van der Waals surface area contributed by atoms with E-state index in [9.17, 15) is 9.59 Å². The van der Waals surface area contributed by atoms with Crippen LogP contribution in [0.25, 0.3) is 0 Å². The lowest BCUT2D eigenvalue weighted by molar-refractivity contribution is -0.129. The third kappa shape index (κ3) is 5.90. The number of thioether (sulfide) groups is 1. The largest absolute Gasteiger partial charge is 0.455 e. The van der Waals surface area contributed by atoms with E-state index in [1.165, 1.54) is 11.8 Å². The van der Waals surface area contributed by atoms with Gasteiger partial charge in [0.05, 0.1) is 5.75 Å². The van der Waals surface area contributed by atoms with Gasteiger partial charge in [-0.2, -0.15) is 0 Å². The van der Waals surface area contributed by atoms with Gasteiger partial charge in [0.2, 0.25) is 5.91 Å². The van der Waals surface area contributed by atoms with Gasteiger partial charge in [-0.3, -0.25) is 9.59 Å². The van der Waals surface area contributed by atoms with Crippen LogP contribution in [0.3, 0.4) is 0 Å². The monoisotopic (exact) mass is 486 g/mol. The van der Waals surface area contributed by atoms with E-state index in [2.05, 4.69) is 36.8 Å². The van der Waals surface area contributed by atoms with Gasteiger partial charge in [0, 0.05) is 71.0 Å². The summed E-state index contributed by atoms with van der Waals surface area (Å²) in [6.45, 7) is 12.0. The SMILES string of the molecule is CC(=O)N1CCN(c2cc(C(C)C)nc(SCc3ccc(C(=O)N4CCN(C)CC4)o3)n2)CC1. The second-order valence-corrected chi connectivity index (χ2v) is 10.2. The number of carbonyl (C=O) groups is 2. The first-order chi connectivity index (χ1) is 16.3. The second-order valence-electron chi connectivity index (χ2n) is 9.23. The Morgan fingerprint density at radius 1 is 1.00 bits per heavy atom. The number of likely N-dealkylation sites (N-methyl/N-ethyl adjacent to an activating group) is 1. The molecular weight excluding hydrogens is 452 g/mol. The predicted molar refractivity (Wildman–Crippen MR) is 132 cm³/mol. The molecule has 0 aromatic carbocycles. The zero-order valence-electron chi connectivity index (χ0n) is 20.5. The average Bonchev–Trinajstić information content (AvgIpc) is 3.32. The van der Waals surface area contributed by atoms with Crippen molar-refractivity contribution in [2.75, 3.05) is 64.3 Å². The molecule has 2 saturated heterocycles. The highest BCUT2D eigenvalue weighted by atomic mass is 32.2. The fourth-order valence-electron chi connectivity index (χ4n) is 4.07. The van der Waals surface area contributed by atoms with E-state index in [-0.39, 0.29) is 17.7 Å². The smallest absolute Gasteiger partial charge is 0.289 e. The quantitative estimate of drug-likeness (QED) is 0.455. The van der Waals surface area contributed by atoms with Crippen LogP contribution in [0.2, 0.25) is 0 Å². The molecule has 34 heavy (non-hydrogen) atoms. The maximum atomic E-state index is 12.8. The third-order valence-corrected chi connectivity index (χ3v) is 7.23. The van der Waals surface area contributed by atoms with Crippen molar-refractivity contribution in [2.45, 2.75) is 37.6 Å². The van der Waals surface area contributed by atoms with Crippen molar-refractivity contribution in [1.29, 1.82) is 0 Å². The zero-order valence-corrected chi connectivity index (χ0v) is 21.3. The van der Waals surface area contributed by atoms with Crippen LogP contribution in [-0.4, -0.2) is 95.9 Å². The number of carbonyl (C=O) groups excluding carboxylic acids is 2. The van der Waals surface area contributed by atoms with Crippen molar-refractivity contribution in [2.24, 2.45) is 0 Å². The molecule has 4 heterocycles. The summed E-state index contributed by atoms with van der Waals surface area (Å²) in [7, 11) is 2.07. The van der Waals surface area contributed by atoms with Crippen molar-refractivity contribution >= 4 is 29.4 Å². The summed E-state index contributed by atoms with van der Waals surface area (Å²) in [4.78, 5) is 42.1. The minimum absolute atomic E-state index is 0.0469. The van der Waals surface area contributed by atoms with Gasteiger partial charge < -0.3 is 24.0 Å². The molecular formula is C24H34N6O3S. The average molecular weight is 487 g/mol. The fraction of sp³-hybridized carbons (Fsp3) is 0.583. The van der Waals surface area contributed by atoms with Gasteiger partial charge in [0.15, 0.2) is 10.9 Å². The first-order valence-electron chi connectivity index (χ1n) is 11.9. The summed E-state index contributed by atoms with van der Waals surface area (Å²) in [5.74, 6) is 2.92. The standard InChI is InChI=1S/C24H34N6O3S/c1-17(2)20-15-22(29-13-11-28(12-14-29)18(3)31)26-24(25-20)34-16-19-5-6-21(33-19)23(32)30-9-7-27(4)8-10-30/h5-6,15,17H,7-14,16H2,1-4H3. The predicted octanol–water partition coefficient (Wildman–Crippen LogP) is 2.54. The van der Waals surface area contributed by atoms with Crippen molar-refractivity contribution in [3.05, 3.63) is 35.4 Å². The molecule has 2 aliphatic rings. The summed E-state index contributed by atoms with van der Waals surface area (Å²) in [6.07, 6.45) is 0. The Bertz CT molecular complexity index is 1010. The number of hydrogen-bond donors (Lipinski definition) is 0. The van der Waals surface area contributed by atoms with E-state index in [0.717, 1.165) is 56.5 Å². The summed E-state index contributed by atoms with van der Waals surface area (Å²) >= 11 is 1.51. The van der Waals surface area contributed by atoms with Crippen LogP contribution in [0, 0.1) is 0 Å². The third-order valence-electron chi connectivity index (χ3n) is 6.36. The molecule has 0 bridgehead atoms. The van der Waals surface area contributed by atoms with Crippen LogP contribution >= 0.6 is 11.8 Å². The lowest BCUT2D eigenvalue weighted by atomic mass is 10.1. The van der Waals surface area contributed by atoms with Crippen LogP contribution in [-0.2, 0) is 10.5 Å². The summed E-state index contributed by atoms with van der Waals surface area (Å²) in [5, 5.41) is 0.693. The molecule has 2 aromatic rings. The maximum absolute atomic E-state index is 12.8. The number of piperazine rings is 2. The van der Waals surface area contributed by atoms with Gasteiger partial charge in [0.25, 0.3) is 5.91 Å². The highest BCUT2D eigenvalue weighted by Crippen LogP contribution is 2.27. The number of nitrogens with zero attached hydrogens (tertiary/aromatic N) is 6. The minimum Gasteiger partial charge on any atom is -0.455 e. The van der Waals surface area contributed by atoms with Crippen molar-refractivity contribution < 1.29 is 14.0 Å². The molecule has 4 rings (SSSR count). The van der Waals surface area contributed by atoms with Gasteiger partial charge in [-0.1, -0.05) is 25.6 Å². The van der Waals surface area contributed by atoms with E-state index in [1.54, 1.807) is 13.0 Å². The van der Waals surface area contributed by atoms with E-state index in [1.807, 2.05) is 15.9 Å². The van der Waals surface area contributed by atoms with E-state index < -0.39 is 0 Å². The molecule has 0 saturated carbocycles. The van der Waals surface area contributed by atoms with E-state index in [0.29, 0.717) is 29.8 Å². The number of rotatable bonds is 6. The normalized spacial score (nSPS) is 17.5. The number of hydrogen-bond acceptors (Lipinski definition) is 8. The van der Waals surface area contributed by atoms with Crippen molar-refractivity contribution in [3.63, 3.8) is 0 Å². The number of aromatic nitrogens is 2. The number of anilines is 1. The molecule has 0 aliphatic carbocycles. The van der Waals surface area contributed by atoms with Crippen LogP contribution in [0.4, 0.5) is 5.82 Å². The van der Waals surface area contributed by atoms with E-state index >= 15 is 0 Å². The maximum Gasteiger partial charge on any atom is 0.289 e. The van der Waals surface area contributed by atoms with Gasteiger partial charge in [-0.25, -0.2) is 9.97 Å². The van der Waals surface area contributed by atoms with Gasteiger partial charge in [-0.15, -0.1) is 0 Å². The molecule has 2 aliphatic heterocycles. The molecule has 0 radical (unpaired) electrons. The van der Waals surface area contributed by atoms with Crippen molar-refractivity contribution in [3.8, 4) is 0 Å². The first-order valence-corrected chi connectivity index (χ1v) is 12.9. The molecule has 2 fully saturated rings. The Labute approximate surface area is 205 Å². The molecule has 2 aromatic heterocycles. The lowest BCUT2D eigenvalue weighted by Crippen LogP contribution is -2.48. The highest BCUT2D eigenvalue weighted by molar-refractivity contribution is 7.98. The first kappa shape index (κ1) is 24.5. The Hall–Kier alpha value is -2.59. The van der Waals surface area contributed by atoms with Gasteiger partial charge in [-0.05, 0) is 25.1 Å². The van der Waals surface area contributed by atoms with Gasteiger partial charge >= 0.3 is 0 Å². The topological polar surface area (TPSA) is 86.0 Å². The summed E-state index contributed by atoms with van der Waals surface area (Å²) in [6, 6.07) is 5.68. The van der Waals surface area contributed by atoms with Crippen LogP contribution in [0.15, 0.2) is 27.8 Å². The summed E-state index contributed by atoms with van der Waals surface area (Å²) < 4.78 is 5.88. The molecule has 0 N–H and O–H groups in total. The van der Waals surface area contributed by atoms with E-state index in [4.69, 9.17) is 14.4 Å². The second kappa shape index (κ2) is 10.8. The molecule has 9 nitrogen and oxygen atoms in total. The molecule has 0 atom stereocenters. The van der Waals surface area contributed by atoms with Crippen LogP contribution in [0.5, 0.6) is 0 Å². The van der Waals surface area contributed by atoms with Gasteiger partial charge in [0.1, 0.15) is 11.6 Å². The fourth-order valence-corrected chi connectivity index (χ4v) is 4.83. The molecule has 2 amide bonds.